The maximum atomic E-state index is 12.8. The molecule has 124 valence electrons. The lowest BCUT2D eigenvalue weighted by Gasteiger charge is -2.32. The minimum Gasteiger partial charge on any atom is -0.423 e. The number of hydrogen-bond donors (Lipinski definition) is 1. The van der Waals surface area contributed by atoms with Crippen LogP contribution in [0.4, 0.5) is 0 Å². The fourth-order valence-electron chi connectivity index (χ4n) is 2.47. The number of nitrogens with one attached hydrogen (secondary N) is 1. The van der Waals surface area contributed by atoms with E-state index in [1.165, 1.54) is 0 Å². The van der Waals surface area contributed by atoms with Gasteiger partial charge in [0.1, 0.15) is 11.7 Å². The molecule has 1 unspecified atom stereocenters. The molecule has 1 N–H and O–H groups in total. The second-order valence-electron chi connectivity index (χ2n) is 5.85. The number of amides is 1. The van der Waals surface area contributed by atoms with Gasteiger partial charge in [-0.2, -0.15) is 5.10 Å². The Morgan fingerprint density at radius 3 is 2.96 bits per heavy atom. The molecule has 0 radical (unpaired) electrons. The van der Waals surface area contributed by atoms with Crippen LogP contribution in [0, 0.1) is 0 Å². The fourth-order valence-corrected chi connectivity index (χ4v) is 2.47. The number of ether oxygens (including phenoxy) is 1. The average molecular weight is 319 g/mol. The van der Waals surface area contributed by atoms with E-state index < -0.39 is 0 Å². The first kappa shape index (κ1) is 15.7. The summed E-state index contributed by atoms with van der Waals surface area (Å²) in [5, 5.41) is 15.1. The first-order valence-electron chi connectivity index (χ1n) is 7.86. The lowest BCUT2D eigenvalue weighted by Crippen LogP contribution is -2.43. The Hall–Kier alpha value is -2.22. The van der Waals surface area contributed by atoms with Gasteiger partial charge in [-0.15, -0.1) is 10.2 Å². The molecule has 3 rings (SSSR count). The molecule has 1 aliphatic rings. The Morgan fingerprint density at radius 2 is 2.30 bits per heavy atom. The highest BCUT2D eigenvalue weighted by Crippen LogP contribution is 2.26. The van der Waals surface area contributed by atoms with Crippen LogP contribution in [0.15, 0.2) is 10.5 Å². The zero-order chi connectivity index (χ0) is 16.4. The van der Waals surface area contributed by atoms with Gasteiger partial charge in [-0.25, -0.2) is 0 Å². The molecule has 2 aromatic heterocycles. The van der Waals surface area contributed by atoms with Gasteiger partial charge in [-0.05, 0) is 12.5 Å². The molecule has 0 aromatic carbocycles. The summed E-state index contributed by atoms with van der Waals surface area (Å²) in [6, 6.07) is 1.40. The topological polar surface area (TPSA) is 97.1 Å². The zero-order valence-electron chi connectivity index (χ0n) is 13.6. The summed E-state index contributed by atoms with van der Waals surface area (Å²) in [7, 11) is 0. The van der Waals surface area contributed by atoms with E-state index in [1.807, 2.05) is 20.8 Å². The number of aryl methyl sites for hydroxylation is 1. The van der Waals surface area contributed by atoms with Crippen molar-refractivity contribution < 1.29 is 13.9 Å². The van der Waals surface area contributed by atoms with Crippen molar-refractivity contribution in [3.63, 3.8) is 0 Å². The number of rotatable bonds is 4. The van der Waals surface area contributed by atoms with E-state index in [1.54, 1.807) is 11.0 Å². The van der Waals surface area contributed by atoms with Crippen LogP contribution >= 0.6 is 0 Å². The predicted octanol–water partition coefficient (Wildman–Crippen LogP) is 1.69. The third kappa shape index (κ3) is 3.12. The molecule has 23 heavy (non-hydrogen) atoms. The molecule has 3 heterocycles. The third-order valence-electron chi connectivity index (χ3n) is 3.86. The van der Waals surface area contributed by atoms with Crippen molar-refractivity contribution in [3.05, 3.63) is 29.2 Å². The highest BCUT2D eigenvalue weighted by molar-refractivity contribution is 5.92. The van der Waals surface area contributed by atoms with Crippen molar-refractivity contribution in [3.8, 4) is 0 Å². The molecule has 2 aromatic rings. The Morgan fingerprint density at radius 1 is 1.48 bits per heavy atom. The number of carbonyl (C=O) groups excluding carboxylic acids is 1. The SMILES string of the molecule is CCc1cc(C(=O)N2CCOCC2c2nnc(C(C)C)o2)n[nH]1. The van der Waals surface area contributed by atoms with Crippen molar-refractivity contribution in [1.29, 1.82) is 0 Å². The van der Waals surface area contributed by atoms with E-state index in [9.17, 15) is 4.79 Å². The maximum Gasteiger partial charge on any atom is 0.275 e. The van der Waals surface area contributed by atoms with Crippen LogP contribution in [0.5, 0.6) is 0 Å². The molecule has 1 saturated heterocycles. The first-order valence-corrected chi connectivity index (χ1v) is 7.86. The summed E-state index contributed by atoms with van der Waals surface area (Å²) in [5.74, 6) is 0.959. The van der Waals surface area contributed by atoms with E-state index >= 15 is 0 Å². The minimum atomic E-state index is -0.377. The molecule has 1 aliphatic heterocycles. The molecule has 0 saturated carbocycles. The van der Waals surface area contributed by atoms with Crippen LogP contribution < -0.4 is 0 Å². The molecule has 1 fully saturated rings. The molecule has 1 amide bonds. The van der Waals surface area contributed by atoms with E-state index in [-0.39, 0.29) is 17.9 Å². The monoisotopic (exact) mass is 319 g/mol. The summed E-state index contributed by atoms with van der Waals surface area (Å²) in [4.78, 5) is 14.4. The molecule has 8 nitrogen and oxygen atoms in total. The Kier molecular flexibility index (Phi) is 4.42. The van der Waals surface area contributed by atoms with Gasteiger partial charge in [-0.3, -0.25) is 9.89 Å². The van der Waals surface area contributed by atoms with E-state index in [0.717, 1.165) is 12.1 Å². The second-order valence-corrected chi connectivity index (χ2v) is 5.85. The summed E-state index contributed by atoms with van der Waals surface area (Å²) in [6.45, 7) is 7.26. The zero-order valence-corrected chi connectivity index (χ0v) is 13.6. The number of H-pyrrole nitrogens is 1. The van der Waals surface area contributed by atoms with Gasteiger partial charge in [0.25, 0.3) is 5.91 Å². The Labute approximate surface area is 134 Å². The average Bonchev–Trinajstić information content (AvgIpc) is 3.23. The summed E-state index contributed by atoms with van der Waals surface area (Å²) in [6.07, 6.45) is 0.800. The van der Waals surface area contributed by atoms with Gasteiger partial charge in [-0.1, -0.05) is 20.8 Å². The van der Waals surface area contributed by atoms with Crippen LogP contribution in [0.2, 0.25) is 0 Å². The lowest BCUT2D eigenvalue weighted by atomic mass is 10.2. The van der Waals surface area contributed by atoms with Crippen LogP contribution in [0.1, 0.15) is 60.7 Å². The van der Waals surface area contributed by atoms with Crippen LogP contribution in [0.3, 0.4) is 0 Å². The van der Waals surface area contributed by atoms with Gasteiger partial charge in [0.2, 0.25) is 11.8 Å². The van der Waals surface area contributed by atoms with Gasteiger partial charge < -0.3 is 14.1 Å². The smallest absolute Gasteiger partial charge is 0.275 e. The van der Waals surface area contributed by atoms with Crippen molar-refractivity contribution >= 4 is 5.91 Å². The normalized spacial score (nSPS) is 18.6. The number of morpholine rings is 1. The molecule has 0 bridgehead atoms. The minimum absolute atomic E-state index is 0.142. The summed E-state index contributed by atoms with van der Waals surface area (Å²) < 4.78 is 11.2. The van der Waals surface area contributed by atoms with Crippen LogP contribution in [-0.2, 0) is 11.2 Å². The van der Waals surface area contributed by atoms with Crippen molar-refractivity contribution in [2.45, 2.75) is 39.2 Å². The third-order valence-corrected chi connectivity index (χ3v) is 3.86. The van der Waals surface area contributed by atoms with Crippen LogP contribution in [0.25, 0.3) is 0 Å². The highest BCUT2D eigenvalue weighted by atomic mass is 16.5. The molecular weight excluding hydrogens is 298 g/mol. The van der Waals surface area contributed by atoms with Gasteiger partial charge >= 0.3 is 0 Å². The second kappa shape index (κ2) is 6.49. The van der Waals surface area contributed by atoms with Crippen LogP contribution in [-0.4, -0.2) is 51.0 Å². The van der Waals surface area contributed by atoms with Crippen molar-refractivity contribution in [1.82, 2.24) is 25.3 Å². The molecule has 0 aliphatic carbocycles. The quantitative estimate of drug-likeness (QED) is 0.921. The largest absolute Gasteiger partial charge is 0.423 e. The molecule has 8 heteroatoms. The number of hydrogen-bond acceptors (Lipinski definition) is 6. The van der Waals surface area contributed by atoms with Gasteiger partial charge in [0.15, 0.2) is 0 Å². The fraction of sp³-hybridized carbons (Fsp3) is 0.600. The number of nitrogens with zero attached hydrogens (tertiary/aromatic N) is 4. The van der Waals surface area contributed by atoms with Crippen molar-refractivity contribution in [2.24, 2.45) is 0 Å². The highest BCUT2D eigenvalue weighted by Gasteiger charge is 2.34. The Balaban J connectivity index is 1.84. The number of carbonyl (C=O) groups is 1. The molecule has 0 spiro atoms. The first-order chi connectivity index (χ1) is 11.1. The predicted molar refractivity (Wildman–Crippen MR) is 80.9 cm³/mol. The lowest BCUT2D eigenvalue weighted by molar-refractivity contribution is -0.0110. The summed E-state index contributed by atoms with van der Waals surface area (Å²) in [5.41, 5.74) is 1.33. The van der Waals surface area contributed by atoms with Crippen molar-refractivity contribution in [2.75, 3.05) is 19.8 Å². The Bertz CT molecular complexity index is 678. The van der Waals surface area contributed by atoms with Gasteiger partial charge in [0, 0.05) is 18.2 Å². The number of aromatic amines is 1. The summed E-state index contributed by atoms with van der Waals surface area (Å²) >= 11 is 0. The molecule has 1 atom stereocenters. The maximum absolute atomic E-state index is 12.8. The standard InChI is InChI=1S/C15H21N5O3/c1-4-10-7-11(17-16-10)15(21)20-5-6-22-8-12(20)14-19-18-13(23-14)9(2)3/h7,9,12H,4-6,8H2,1-3H3,(H,16,17). The molecular formula is C15H21N5O3. The van der Waals surface area contributed by atoms with Gasteiger partial charge in [0.05, 0.1) is 13.2 Å². The van der Waals surface area contributed by atoms with E-state index in [0.29, 0.717) is 37.2 Å². The number of aromatic nitrogens is 4. The van der Waals surface area contributed by atoms with E-state index in [4.69, 9.17) is 9.15 Å². The van der Waals surface area contributed by atoms with E-state index in [2.05, 4.69) is 20.4 Å².